The Morgan fingerprint density at radius 2 is 2.20 bits per heavy atom. The molecule has 1 aliphatic rings. The van der Waals surface area contributed by atoms with Crippen molar-refractivity contribution in [3.8, 4) is 0 Å². The molecule has 1 N–H and O–H groups in total. The smallest absolute Gasteiger partial charge is 0.205 e. The molecule has 1 aromatic heterocycles. The highest BCUT2D eigenvalue weighted by molar-refractivity contribution is 7.09. The van der Waals surface area contributed by atoms with Crippen LogP contribution in [0.3, 0.4) is 0 Å². The van der Waals surface area contributed by atoms with Crippen LogP contribution >= 0.6 is 11.5 Å². The van der Waals surface area contributed by atoms with E-state index in [4.69, 9.17) is 5.11 Å². The lowest BCUT2D eigenvalue weighted by Gasteiger charge is -2.30. The molecule has 2 rings (SSSR count). The second kappa shape index (κ2) is 4.90. The molecule has 1 saturated heterocycles. The number of aryl methyl sites for hydroxylation is 1. The molecule has 0 aliphatic carbocycles. The Hall–Kier alpha value is -0.680. The van der Waals surface area contributed by atoms with Crippen LogP contribution in [0.4, 0.5) is 5.13 Å². The maximum atomic E-state index is 9.05. The van der Waals surface area contributed by atoms with Crippen LogP contribution in [0.1, 0.15) is 25.6 Å². The predicted molar refractivity (Wildman–Crippen MR) is 61.3 cm³/mol. The zero-order chi connectivity index (χ0) is 10.7. The zero-order valence-electron chi connectivity index (χ0n) is 9.02. The third kappa shape index (κ3) is 2.46. The van der Waals surface area contributed by atoms with Crippen molar-refractivity contribution >= 4 is 16.7 Å². The quantitative estimate of drug-likeness (QED) is 0.846. The molecule has 0 amide bonds. The number of hydrogen-bond donors (Lipinski definition) is 1. The zero-order valence-corrected chi connectivity index (χ0v) is 9.83. The molecule has 2 heterocycles. The third-order valence-electron chi connectivity index (χ3n) is 2.92. The largest absolute Gasteiger partial charge is 0.396 e. The first-order valence-electron chi connectivity index (χ1n) is 5.52. The first kappa shape index (κ1) is 10.8. The summed E-state index contributed by atoms with van der Waals surface area (Å²) in [7, 11) is 0. The van der Waals surface area contributed by atoms with Gasteiger partial charge < -0.3 is 10.0 Å². The van der Waals surface area contributed by atoms with Gasteiger partial charge in [-0.25, -0.2) is 4.98 Å². The topological polar surface area (TPSA) is 49.2 Å². The van der Waals surface area contributed by atoms with Crippen LogP contribution in [-0.4, -0.2) is 34.2 Å². The van der Waals surface area contributed by atoms with Crippen LogP contribution < -0.4 is 4.90 Å². The van der Waals surface area contributed by atoms with Gasteiger partial charge in [0.15, 0.2) is 0 Å². The Labute approximate surface area is 94.1 Å². The normalized spacial score (nSPS) is 18.4. The van der Waals surface area contributed by atoms with E-state index < -0.39 is 0 Å². The molecule has 15 heavy (non-hydrogen) atoms. The third-order valence-corrected chi connectivity index (χ3v) is 3.73. The lowest BCUT2D eigenvalue weighted by Crippen LogP contribution is -2.34. The van der Waals surface area contributed by atoms with Gasteiger partial charge in [0.25, 0.3) is 0 Å². The van der Waals surface area contributed by atoms with E-state index in [9.17, 15) is 0 Å². The molecule has 0 aromatic carbocycles. The molecule has 0 bridgehead atoms. The monoisotopic (exact) mass is 227 g/mol. The van der Waals surface area contributed by atoms with Gasteiger partial charge in [0.1, 0.15) is 5.82 Å². The molecular weight excluding hydrogens is 210 g/mol. The maximum absolute atomic E-state index is 9.05. The standard InChI is InChI=1S/C10H17N3OS/c1-2-9-11-10(15-12-9)13-5-3-8(7-14)4-6-13/h8,14H,2-7H2,1H3. The predicted octanol–water partition coefficient (Wildman–Crippen LogP) is 1.31. The summed E-state index contributed by atoms with van der Waals surface area (Å²) in [4.78, 5) is 6.75. The highest BCUT2D eigenvalue weighted by Crippen LogP contribution is 2.24. The summed E-state index contributed by atoms with van der Waals surface area (Å²) >= 11 is 1.49. The Morgan fingerprint density at radius 3 is 2.73 bits per heavy atom. The number of piperidine rings is 1. The minimum Gasteiger partial charge on any atom is -0.396 e. The highest BCUT2D eigenvalue weighted by Gasteiger charge is 2.20. The van der Waals surface area contributed by atoms with Crippen molar-refractivity contribution in [1.29, 1.82) is 0 Å². The van der Waals surface area contributed by atoms with Gasteiger partial charge >= 0.3 is 0 Å². The van der Waals surface area contributed by atoms with Crippen molar-refractivity contribution in [3.63, 3.8) is 0 Å². The molecule has 1 aliphatic heterocycles. The number of nitrogens with zero attached hydrogens (tertiary/aromatic N) is 3. The number of anilines is 1. The fourth-order valence-electron chi connectivity index (χ4n) is 1.82. The molecule has 0 unspecified atom stereocenters. The van der Waals surface area contributed by atoms with Gasteiger partial charge in [-0.1, -0.05) is 6.92 Å². The molecular formula is C10H17N3OS. The van der Waals surface area contributed by atoms with Gasteiger partial charge in [0.05, 0.1) is 0 Å². The molecule has 0 saturated carbocycles. The van der Waals surface area contributed by atoms with E-state index in [2.05, 4.69) is 21.2 Å². The second-order valence-electron chi connectivity index (χ2n) is 3.96. The summed E-state index contributed by atoms with van der Waals surface area (Å²) in [5, 5.41) is 10.1. The van der Waals surface area contributed by atoms with Gasteiger partial charge in [-0.2, -0.15) is 4.37 Å². The first-order valence-corrected chi connectivity index (χ1v) is 6.29. The Kier molecular flexibility index (Phi) is 3.53. The Balaban J connectivity index is 1.95. The fraction of sp³-hybridized carbons (Fsp3) is 0.800. The fourth-order valence-corrected chi connectivity index (χ4v) is 2.62. The number of aliphatic hydroxyl groups excluding tert-OH is 1. The van der Waals surface area contributed by atoms with Gasteiger partial charge in [0.2, 0.25) is 5.13 Å². The first-order chi connectivity index (χ1) is 7.33. The lowest BCUT2D eigenvalue weighted by atomic mass is 9.98. The molecule has 1 aromatic rings. The summed E-state index contributed by atoms with van der Waals surface area (Å²) in [6.07, 6.45) is 3.04. The average Bonchev–Trinajstić information content (AvgIpc) is 2.78. The summed E-state index contributed by atoms with van der Waals surface area (Å²) in [6.45, 7) is 4.40. The lowest BCUT2D eigenvalue weighted by molar-refractivity contribution is 0.203. The summed E-state index contributed by atoms with van der Waals surface area (Å²) < 4.78 is 4.29. The number of rotatable bonds is 3. The van der Waals surface area contributed by atoms with Gasteiger partial charge in [-0.15, -0.1) is 0 Å². The van der Waals surface area contributed by atoms with E-state index >= 15 is 0 Å². The maximum Gasteiger partial charge on any atom is 0.205 e. The average molecular weight is 227 g/mol. The molecule has 0 spiro atoms. The van der Waals surface area contributed by atoms with Crippen LogP contribution in [0, 0.1) is 5.92 Å². The molecule has 84 valence electrons. The van der Waals surface area contributed by atoms with Crippen molar-refractivity contribution in [2.45, 2.75) is 26.2 Å². The van der Waals surface area contributed by atoms with E-state index in [1.165, 1.54) is 11.5 Å². The SMILES string of the molecule is CCc1nsc(N2CCC(CO)CC2)n1. The van der Waals surface area contributed by atoms with Gasteiger partial charge in [0, 0.05) is 37.6 Å². The van der Waals surface area contributed by atoms with Gasteiger partial charge in [-0.05, 0) is 18.8 Å². The molecule has 0 radical (unpaired) electrons. The van der Waals surface area contributed by atoms with Crippen LogP contribution in [0.2, 0.25) is 0 Å². The van der Waals surface area contributed by atoms with E-state index in [1.807, 2.05) is 0 Å². The highest BCUT2D eigenvalue weighted by atomic mass is 32.1. The van der Waals surface area contributed by atoms with E-state index in [0.29, 0.717) is 12.5 Å². The van der Waals surface area contributed by atoms with E-state index in [-0.39, 0.29) is 0 Å². The Bertz CT molecular complexity index is 307. The van der Waals surface area contributed by atoms with Crippen molar-refractivity contribution in [3.05, 3.63) is 5.82 Å². The van der Waals surface area contributed by atoms with Crippen LogP contribution in [0.15, 0.2) is 0 Å². The van der Waals surface area contributed by atoms with E-state index in [1.54, 1.807) is 0 Å². The second-order valence-corrected chi connectivity index (χ2v) is 4.69. The minimum atomic E-state index is 0.324. The molecule has 5 heteroatoms. The summed E-state index contributed by atoms with van der Waals surface area (Å²) in [5.74, 6) is 1.43. The van der Waals surface area contributed by atoms with Crippen LogP contribution in [0.5, 0.6) is 0 Å². The van der Waals surface area contributed by atoms with E-state index in [0.717, 1.165) is 43.3 Å². The molecule has 4 nitrogen and oxygen atoms in total. The summed E-state index contributed by atoms with van der Waals surface area (Å²) in [5.41, 5.74) is 0. The number of aromatic nitrogens is 2. The molecule has 1 fully saturated rings. The van der Waals surface area contributed by atoms with Crippen LogP contribution in [0.25, 0.3) is 0 Å². The number of aliphatic hydroxyl groups is 1. The van der Waals surface area contributed by atoms with Gasteiger partial charge in [-0.3, -0.25) is 0 Å². The molecule has 0 atom stereocenters. The minimum absolute atomic E-state index is 0.324. The summed E-state index contributed by atoms with van der Waals surface area (Å²) in [6, 6.07) is 0. The van der Waals surface area contributed by atoms with Crippen molar-refractivity contribution in [2.75, 3.05) is 24.6 Å². The van der Waals surface area contributed by atoms with Crippen molar-refractivity contribution < 1.29 is 5.11 Å². The number of hydrogen-bond acceptors (Lipinski definition) is 5. The Morgan fingerprint density at radius 1 is 1.47 bits per heavy atom. The van der Waals surface area contributed by atoms with Crippen LogP contribution in [-0.2, 0) is 6.42 Å². The van der Waals surface area contributed by atoms with Crippen molar-refractivity contribution in [2.24, 2.45) is 5.92 Å². The van der Waals surface area contributed by atoms with Crippen molar-refractivity contribution in [1.82, 2.24) is 9.36 Å².